The highest BCUT2D eigenvalue weighted by Crippen LogP contribution is 2.43. The zero-order valence-corrected chi connectivity index (χ0v) is 53.4. The SMILES string of the molecule is CCCCCCCCCC/C=C\CCCCCCCCCCCCCCCCCCCCCCCCCCCC(=O)NC(COP(=O)(O)OCC[N+](C)(C)C)C(O)/C=C/CCCCCCCCCCCCCCCCCC. The van der Waals surface area contributed by atoms with Crippen molar-refractivity contribution in [1.29, 1.82) is 0 Å². The quantitative estimate of drug-likeness (QED) is 0.0243. The summed E-state index contributed by atoms with van der Waals surface area (Å²) in [5.41, 5.74) is 0. The van der Waals surface area contributed by atoms with Crippen molar-refractivity contribution >= 4 is 13.7 Å². The second-order valence-electron chi connectivity index (χ2n) is 24.9. The molecule has 0 aromatic heterocycles. The van der Waals surface area contributed by atoms with Crippen molar-refractivity contribution in [3.63, 3.8) is 0 Å². The lowest BCUT2D eigenvalue weighted by atomic mass is 10.0. The molecule has 0 aromatic rings. The van der Waals surface area contributed by atoms with Crippen molar-refractivity contribution in [2.75, 3.05) is 40.9 Å². The van der Waals surface area contributed by atoms with Crippen molar-refractivity contribution in [3.05, 3.63) is 24.3 Å². The minimum absolute atomic E-state index is 0.0646. The van der Waals surface area contributed by atoms with Crippen LogP contribution in [-0.4, -0.2) is 73.4 Å². The number of nitrogens with zero attached hydrogens (tertiary/aromatic N) is 1. The molecule has 0 spiro atoms. The lowest BCUT2D eigenvalue weighted by molar-refractivity contribution is -0.870. The van der Waals surface area contributed by atoms with Crippen LogP contribution in [0.2, 0.25) is 0 Å². The summed E-state index contributed by atoms with van der Waals surface area (Å²) in [5.74, 6) is -0.169. The van der Waals surface area contributed by atoms with E-state index in [4.69, 9.17) is 9.05 Å². The predicted octanol–water partition coefficient (Wildman–Crippen LogP) is 21.5. The lowest BCUT2D eigenvalue weighted by Crippen LogP contribution is -2.45. The molecule has 3 unspecified atom stereocenters. The molecule has 0 radical (unpaired) electrons. The van der Waals surface area contributed by atoms with Gasteiger partial charge in [-0.15, -0.1) is 0 Å². The number of phosphoric acid groups is 1. The molecule has 3 N–H and O–H groups in total. The van der Waals surface area contributed by atoms with Crippen LogP contribution in [0.1, 0.15) is 354 Å². The normalized spacial score (nSPS) is 13.8. The van der Waals surface area contributed by atoms with Crippen molar-refractivity contribution in [2.24, 2.45) is 0 Å². The van der Waals surface area contributed by atoms with Gasteiger partial charge in [0.1, 0.15) is 13.2 Å². The fourth-order valence-electron chi connectivity index (χ4n) is 10.6. The van der Waals surface area contributed by atoms with E-state index in [0.717, 1.165) is 32.1 Å². The Hall–Kier alpha value is -1.02. The first-order chi connectivity index (χ1) is 37.5. The Balaban J connectivity index is 3.93. The van der Waals surface area contributed by atoms with Gasteiger partial charge in [0.25, 0.3) is 0 Å². The van der Waals surface area contributed by atoms with Gasteiger partial charge >= 0.3 is 7.82 Å². The summed E-state index contributed by atoms with van der Waals surface area (Å²) in [6.07, 6.45) is 77.6. The van der Waals surface area contributed by atoms with Gasteiger partial charge in [-0.3, -0.25) is 13.8 Å². The fourth-order valence-corrected chi connectivity index (χ4v) is 11.3. The van der Waals surface area contributed by atoms with Crippen LogP contribution in [0.15, 0.2) is 24.3 Å². The Morgan fingerprint density at radius 3 is 1.00 bits per heavy atom. The van der Waals surface area contributed by atoms with E-state index in [1.54, 1.807) is 6.08 Å². The first kappa shape index (κ1) is 76.0. The van der Waals surface area contributed by atoms with E-state index in [0.29, 0.717) is 17.4 Å². The average Bonchev–Trinajstić information content (AvgIpc) is 3.39. The third-order valence-electron chi connectivity index (χ3n) is 15.9. The Labute approximate surface area is 481 Å². The molecule has 0 heterocycles. The standard InChI is InChI=1S/C68H135N2O6P/c1-6-8-10-12-14-16-18-20-22-24-26-27-28-29-30-31-32-33-34-35-36-37-38-39-40-41-42-43-44-46-48-50-52-54-56-58-60-62-68(72)69-66(65-76-77(73,74)75-64-63-70(3,4)5)67(71)61-59-57-55-53-51-49-47-45-25-23-21-19-17-15-13-11-9-7-2/h24,26,59,61,66-67,71H,6-23,25,27-58,60,62-65H2,1-5H3,(H-,69,72,73,74)/p+1/b26-24-,61-59+. The van der Waals surface area contributed by atoms with Crippen LogP contribution >= 0.6 is 7.82 Å². The summed E-state index contributed by atoms with van der Waals surface area (Å²) in [7, 11) is 1.59. The molecule has 0 aromatic carbocycles. The molecule has 1 amide bonds. The number of aliphatic hydroxyl groups excluding tert-OH is 1. The van der Waals surface area contributed by atoms with E-state index in [1.165, 1.54) is 302 Å². The topological polar surface area (TPSA) is 105 Å². The molecule has 0 saturated heterocycles. The molecule has 0 aliphatic carbocycles. The number of phosphoric ester groups is 1. The molecule has 0 rings (SSSR count). The minimum atomic E-state index is -4.35. The van der Waals surface area contributed by atoms with Gasteiger partial charge in [0, 0.05) is 6.42 Å². The minimum Gasteiger partial charge on any atom is -0.387 e. The van der Waals surface area contributed by atoms with Crippen molar-refractivity contribution in [1.82, 2.24) is 5.32 Å². The van der Waals surface area contributed by atoms with Gasteiger partial charge in [0.2, 0.25) is 5.91 Å². The number of amides is 1. The van der Waals surface area contributed by atoms with Gasteiger partial charge in [-0.1, -0.05) is 327 Å². The van der Waals surface area contributed by atoms with Crippen LogP contribution in [0.3, 0.4) is 0 Å². The Morgan fingerprint density at radius 2 is 0.701 bits per heavy atom. The van der Waals surface area contributed by atoms with Gasteiger partial charge < -0.3 is 19.8 Å². The summed E-state index contributed by atoms with van der Waals surface area (Å²) >= 11 is 0. The zero-order chi connectivity index (χ0) is 56.3. The third kappa shape index (κ3) is 62.4. The van der Waals surface area contributed by atoms with E-state index in [2.05, 4.69) is 31.3 Å². The lowest BCUT2D eigenvalue weighted by Gasteiger charge is -2.25. The number of quaternary nitrogens is 1. The van der Waals surface area contributed by atoms with Crippen molar-refractivity contribution < 1.29 is 32.9 Å². The van der Waals surface area contributed by atoms with E-state index >= 15 is 0 Å². The van der Waals surface area contributed by atoms with Gasteiger partial charge in [-0.05, 0) is 44.9 Å². The summed E-state index contributed by atoms with van der Waals surface area (Å²) in [4.78, 5) is 23.4. The van der Waals surface area contributed by atoms with Crippen LogP contribution in [0.5, 0.6) is 0 Å². The molecular weight excluding hydrogens is 972 g/mol. The molecule has 0 saturated carbocycles. The average molecular weight is 1110 g/mol. The molecule has 3 atom stereocenters. The second kappa shape index (κ2) is 59.6. The maximum Gasteiger partial charge on any atom is 0.472 e. The Morgan fingerprint density at radius 1 is 0.429 bits per heavy atom. The summed E-state index contributed by atoms with van der Waals surface area (Å²) in [5, 5.41) is 14.0. The van der Waals surface area contributed by atoms with Gasteiger partial charge in [-0.25, -0.2) is 4.57 Å². The molecular formula is C68H136N2O6P+. The fraction of sp³-hybridized carbons (Fsp3) is 0.926. The highest BCUT2D eigenvalue weighted by Gasteiger charge is 2.28. The molecule has 9 heteroatoms. The van der Waals surface area contributed by atoms with Crippen LogP contribution in [-0.2, 0) is 18.4 Å². The number of allylic oxidation sites excluding steroid dienone is 3. The van der Waals surface area contributed by atoms with Crippen LogP contribution in [0, 0.1) is 0 Å². The van der Waals surface area contributed by atoms with Crippen LogP contribution < -0.4 is 5.32 Å². The van der Waals surface area contributed by atoms with E-state index < -0.39 is 20.0 Å². The number of carbonyl (C=O) groups excluding carboxylic acids is 1. The third-order valence-corrected chi connectivity index (χ3v) is 16.9. The number of unbranched alkanes of at least 4 members (excludes halogenated alkanes) is 49. The largest absolute Gasteiger partial charge is 0.472 e. The Bertz CT molecular complexity index is 1300. The first-order valence-corrected chi connectivity index (χ1v) is 35.7. The van der Waals surface area contributed by atoms with Crippen molar-refractivity contribution in [3.8, 4) is 0 Å². The smallest absolute Gasteiger partial charge is 0.387 e. The summed E-state index contributed by atoms with van der Waals surface area (Å²) < 4.78 is 23.8. The highest BCUT2D eigenvalue weighted by atomic mass is 31.2. The van der Waals surface area contributed by atoms with E-state index in [-0.39, 0.29) is 19.1 Å². The number of likely N-dealkylation sites (N-methyl/N-ethyl adjacent to an activating group) is 1. The molecule has 0 fully saturated rings. The molecule has 0 aliphatic rings. The number of carbonyl (C=O) groups is 1. The Kier molecular flexibility index (Phi) is 58.8. The predicted molar refractivity (Wildman–Crippen MR) is 337 cm³/mol. The van der Waals surface area contributed by atoms with Crippen molar-refractivity contribution in [2.45, 2.75) is 366 Å². The number of hydrogen-bond donors (Lipinski definition) is 3. The van der Waals surface area contributed by atoms with E-state index in [9.17, 15) is 19.4 Å². The maximum absolute atomic E-state index is 13.0. The number of hydrogen-bond acceptors (Lipinski definition) is 5. The molecule has 77 heavy (non-hydrogen) atoms. The molecule has 0 aliphatic heterocycles. The monoisotopic (exact) mass is 1110 g/mol. The number of rotatable bonds is 64. The zero-order valence-electron chi connectivity index (χ0n) is 52.5. The number of nitrogens with one attached hydrogen (secondary N) is 1. The van der Waals surface area contributed by atoms with Crippen LogP contribution in [0.25, 0.3) is 0 Å². The maximum atomic E-state index is 13.0. The van der Waals surface area contributed by atoms with Gasteiger partial charge in [-0.2, -0.15) is 0 Å². The van der Waals surface area contributed by atoms with Gasteiger partial charge in [0.05, 0.1) is 39.9 Å². The first-order valence-electron chi connectivity index (χ1n) is 34.2. The molecule has 8 nitrogen and oxygen atoms in total. The van der Waals surface area contributed by atoms with Crippen LogP contribution in [0.4, 0.5) is 0 Å². The summed E-state index contributed by atoms with van der Waals surface area (Å²) in [6, 6.07) is -0.844. The molecule has 458 valence electrons. The molecule has 0 bridgehead atoms. The highest BCUT2D eigenvalue weighted by molar-refractivity contribution is 7.47. The second-order valence-corrected chi connectivity index (χ2v) is 26.4. The number of aliphatic hydroxyl groups is 1. The van der Waals surface area contributed by atoms with Gasteiger partial charge in [0.15, 0.2) is 0 Å². The summed E-state index contributed by atoms with van der Waals surface area (Å²) in [6.45, 7) is 4.87. The van der Waals surface area contributed by atoms with E-state index in [1.807, 2.05) is 27.2 Å².